The van der Waals surface area contributed by atoms with Gasteiger partial charge in [-0.25, -0.2) is 4.79 Å². The number of ketones is 1. The van der Waals surface area contributed by atoms with Crippen molar-refractivity contribution >= 4 is 55.0 Å². The highest BCUT2D eigenvalue weighted by molar-refractivity contribution is 7.99. The van der Waals surface area contributed by atoms with Gasteiger partial charge in [-0.15, -0.1) is 10.4 Å². The smallest absolute Gasteiger partial charge is 0.410 e. The van der Waals surface area contributed by atoms with Gasteiger partial charge in [0.1, 0.15) is 11.5 Å². The molecule has 2 aromatic rings. The molecule has 10 heteroatoms. The molecule has 1 saturated heterocycles. The zero-order valence-corrected chi connectivity index (χ0v) is 34.2. The number of amides is 1. The van der Waals surface area contributed by atoms with Crippen LogP contribution in [0.1, 0.15) is 140 Å². The van der Waals surface area contributed by atoms with E-state index in [1.165, 1.54) is 23.1 Å². The van der Waals surface area contributed by atoms with Crippen LogP contribution >= 0.6 is 11.8 Å². The monoisotopic (exact) mass is 728 g/mol. The van der Waals surface area contributed by atoms with Gasteiger partial charge >= 0.3 is 6.09 Å². The first-order valence-corrected chi connectivity index (χ1v) is 21.4. The third-order valence-corrected chi connectivity index (χ3v) is 15.0. The van der Waals surface area contributed by atoms with Crippen molar-refractivity contribution in [1.82, 2.24) is 9.88 Å². The maximum Gasteiger partial charge on any atom is 0.415 e. The third kappa shape index (κ3) is 9.84. The van der Waals surface area contributed by atoms with Gasteiger partial charge in [-0.1, -0.05) is 60.5 Å². The molecular weight excluding hydrogens is 668 g/mol. The van der Waals surface area contributed by atoms with Crippen LogP contribution in [0.25, 0.3) is 0 Å². The first-order valence-electron chi connectivity index (χ1n) is 20.3. The highest BCUT2D eigenvalue weighted by Crippen LogP contribution is 2.60. The van der Waals surface area contributed by atoms with E-state index in [0.29, 0.717) is 41.3 Å². The van der Waals surface area contributed by atoms with Gasteiger partial charge in [0.2, 0.25) is 0 Å². The van der Waals surface area contributed by atoms with Gasteiger partial charge in [-0.05, 0) is 139 Å². The topological polar surface area (TPSA) is 59.5 Å². The van der Waals surface area contributed by atoms with Crippen LogP contribution in [0, 0.1) is 22.7 Å². The first-order chi connectivity index (χ1) is 25.0. The summed E-state index contributed by atoms with van der Waals surface area (Å²) in [4.78, 5) is 31.8. The second-order valence-corrected chi connectivity index (χ2v) is 18.9. The molecule has 0 N–H and O–H groups in total. The number of piperidine rings is 1. The third-order valence-electron chi connectivity index (χ3n) is 13.5. The number of carbonyl (C=O) groups is 2. The Kier molecular flexibility index (Phi) is 13.8. The lowest BCUT2D eigenvalue weighted by molar-refractivity contribution is -0.129. The van der Waals surface area contributed by atoms with Gasteiger partial charge in [0, 0.05) is 37.3 Å². The van der Waals surface area contributed by atoms with E-state index in [1.807, 2.05) is 29.1 Å². The van der Waals surface area contributed by atoms with Crippen LogP contribution in [0.3, 0.4) is 0 Å². The predicted octanol–water partition coefficient (Wildman–Crippen LogP) is 9.31. The first kappa shape index (κ1) is 42.1. The number of aromatic nitrogens is 1. The molecule has 5 nitrogen and oxygen atoms in total. The van der Waals surface area contributed by atoms with Crippen molar-refractivity contribution in [2.45, 2.75) is 141 Å². The number of thioether (sulfide) groups is 1. The van der Waals surface area contributed by atoms with Crippen LogP contribution in [-0.2, 0) is 17.6 Å². The lowest BCUT2D eigenvalue weighted by Gasteiger charge is -2.48. The molecule has 6 rings (SSSR count). The molecule has 2 heterocycles. The SMILES string of the molecule is CCc1cc2c(cc1OC(=O)N1CCC(c3ccncc3)CC1)CCC1C2CCC2(C)C(=O)CCC12.[B]C([B])(C)C([B])([B])CCCSCC(C)(C)CC. The van der Waals surface area contributed by atoms with Gasteiger partial charge < -0.3 is 9.64 Å². The van der Waals surface area contributed by atoms with Gasteiger partial charge in [-0.2, -0.15) is 11.8 Å². The summed E-state index contributed by atoms with van der Waals surface area (Å²) < 4.78 is 6.05. The van der Waals surface area contributed by atoms with Gasteiger partial charge in [0.25, 0.3) is 0 Å². The highest BCUT2D eigenvalue weighted by Gasteiger charge is 2.54. The molecule has 1 aromatic heterocycles. The van der Waals surface area contributed by atoms with Crippen LogP contribution in [0.4, 0.5) is 4.79 Å². The molecule has 4 atom stereocenters. The number of fused-ring (bicyclic) bond motifs is 5. The number of likely N-dealkylation sites (tertiary alicyclic amines) is 1. The molecule has 0 bridgehead atoms. The average molecular weight is 728 g/mol. The fourth-order valence-corrected chi connectivity index (χ4v) is 10.4. The fourth-order valence-electron chi connectivity index (χ4n) is 9.16. The number of carbonyl (C=O) groups excluding carboxylic acids is 2. The number of hydrogen-bond acceptors (Lipinski definition) is 5. The Hall–Kier alpha value is -2.08. The molecule has 278 valence electrons. The second kappa shape index (κ2) is 17.4. The minimum absolute atomic E-state index is 0.0907. The van der Waals surface area contributed by atoms with E-state index in [-0.39, 0.29) is 11.5 Å². The molecule has 53 heavy (non-hydrogen) atoms. The van der Waals surface area contributed by atoms with Crippen molar-refractivity contribution in [3.8, 4) is 5.75 Å². The van der Waals surface area contributed by atoms with Gasteiger partial charge in [-0.3, -0.25) is 9.78 Å². The lowest BCUT2D eigenvalue weighted by Crippen LogP contribution is -2.42. The summed E-state index contributed by atoms with van der Waals surface area (Å²) in [6.45, 7) is 14.3. The highest BCUT2D eigenvalue weighted by atomic mass is 32.2. The largest absolute Gasteiger partial charge is 0.415 e. The Morgan fingerprint density at radius 3 is 2.34 bits per heavy atom. The number of hydrogen-bond donors (Lipinski definition) is 0. The van der Waals surface area contributed by atoms with Crippen LogP contribution in [0.5, 0.6) is 5.75 Å². The summed E-state index contributed by atoms with van der Waals surface area (Å²) in [5.41, 5.74) is 5.56. The van der Waals surface area contributed by atoms with Crippen molar-refractivity contribution in [3.63, 3.8) is 0 Å². The molecule has 4 aliphatic rings. The number of Topliss-reactive ketones (excluding diaryl/α,β-unsaturated/α-hetero) is 1. The van der Waals surface area contributed by atoms with Gasteiger partial charge in [0.05, 0.1) is 31.4 Å². The standard InChI is InChI=1S/C31H38N2O3.C12H22B4S/c1-3-20-18-26-23(4-5-25-24(26)8-13-31(2)27(25)6-7-29(31)34)19-28(20)36-30(35)33-16-11-22(12-17-33)21-9-14-32-15-10-21;1-5-10(2,3)9-17-8-6-7-12(15,16)11(4,13)14/h9-10,14-15,18-19,22,24-25,27H,3-8,11-13,16-17H2,1-2H3;5-9H2,1-4H3. The normalized spacial score (nSPS) is 24.8. The van der Waals surface area contributed by atoms with E-state index in [1.54, 1.807) is 6.92 Å². The Labute approximate surface area is 330 Å². The summed E-state index contributed by atoms with van der Waals surface area (Å²) in [7, 11) is 23.3. The number of nitrogens with zero attached hydrogens (tertiary/aromatic N) is 2. The van der Waals surface area contributed by atoms with Crippen molar-refractivity contribution in [2.24, 2.45) is 22.7 Å². The minimum atomic E-state index is -1.03. The summed E-state index contributed by atoms with van der Waals surface area (Å²) in [5, 5.41) is -2.02. The minimum Gasteiger partial charge on any atom is -0.410 e. The maximum absolute atomic E-state index is 13.1. The Morgan fingerprint density at radius 2 is 1.70 bits per heavy atom. The van der Waals surface area contributed by atoms with Gasteiger partial charge in [0.15, 0.2) is 0 Å². The summed E-state index contributed by atoms with van der Waals surface area (Å²) in [6, 6.07) is 8.67. The summed E-state index contributed by atoms with van der Waals surface area (Å²) in [5.74, 6) is 5.62. The molecule has 1 aliphatic heterocycles. The van der Waals surface area contributed by atoms with Crippen molar-refractivity contribution < 1.29 is 14.3 Å². The molecule has 4 unspecified atom stereocenters. The van der Waals surface area contributed by atoms with E-state index in [4.69, 9.17) is 36.1 Å². The second-order valence-electron chi connectivity index (χ2n) is 17.8. The zero-order chi connectivity index (χ0) is 38.6. The Balaban J connectivity index is 0.000000271. The van der Waals surface area contributed by atoms with E-state index in [2.05, 4.69) is 63.9 Å². The van der Waals surface area contributed by atoms with Crippen molar-refractivity contribution in [2.75, 3.05) is 24.6 Å². The number of rotatable bonds is 11. The number of benzene rings is 1. The van der Waals surface area contributed by atoms with Crippen molar-refractivity contribution in [3.05, 3.63) is 58.9 Å². The lowest BCUT2D eigenvalue weighted by atomic mass is 9.29. The molecule has 0 spiro atoms. The van der Waals surface area contributed by atoms with Crippen LogP contribution in [-0.4, -0.2) is 77.7 Å². The molecule has 8 radical (unpaired) electrons. The predicted molar refractivity (Wildman–Crippen MR) is 224 cm³/mol. The molecule has 1 amide bonds. The number of ether oxygens (including phenoxy) is 1. The molecule has 3 fully saturated rings. The fraction of sp³-hybridized carbons (Fsp3) is 0.698. The van der Waals surface area contributed by atoms with Crippen LogP contribution in [0.2, 0.25) is 10.4 Å². The zero-order valence-electron chi connectivity index (χ0n) is 33.4. The van der Waals surface area contributed by atoms with E-state index < -0.39 is 10.4 Å². The van der Waals surface area contributed by atoms with E-state index >= 15 is 0 Å². The average Bonchev–Trinajstić information content (AvgIpc) is 3.44. The Morgan fingerprint density at radius 1 is 1.00 bits per heavy atom. The van der Waals surface area contributed by atoms with Crippen LogP contribution in [0.15, 0.2) is 36.7 Å². The van der Waals surface area contributed by atoms with E-state index in [9.17, 15) is 9.59 Å². The molecule has 3 aliphatic carbocycles. The molecular formula is C43H60B4N2O3S. The maximum atomic E-state index is 13.1. The van der Waals surface area contributed by atoms with Crippen LogP contribution < -0.4 is 4.74 Å². The summed E-state index contributed by atoms with van der Waals surface area (Å²) >= 11 is 1.94. The number of pyridine rings is 1. The summed E-state index contributed by atoms with van der Waals surface area (Å²) in [6.07, 6.45) is 15.1. The number of aryl methyl sites for hydroxylation is 2. The quantitative estimate of drug-likeness (QED) is 0.171. The Bertz CT molecular complexity index is 1560. The van der Waals surface area contributed by atoms with Crippen molar-refractivity contribution in [1.29, 1.82) is 0 Å². The molecule has 2 saturated carbocycles. The van der Waals surface area contributed by atoms with E-state index in [0.717, 1.165) is 100 Å². The molecule has 1 aromatic carbocycles.